The number of nitrogens with zero attached hydrogens (tertiary/aromatic N) is 2. The molecule has 0 unspecified atom stereocenters. The second-order valence-corrected chi connectivity index (χ2v) is 8.55. The predicted molar refractivity (Wildman–Crippen MR) is 110 cm³/mol. The van der Waals surface area contributed by atoms with E-state index in [1.807, 2.05) is 25.2 Å². The van der Waals surface area contributed by atoms with Crippen LogP contribution in [-0.4, -0.2) is 29.0 Å². The third-order valence-electron chi connectivity index (χ3n) is 4.98. The van der Waals surface area contributed by atoms with Gasteiger partial charge in [-0.05, 0) is 56.5 Å². The first kappa shape index (κ1) is 18.5. The first-order valence-corrected chi connectivity index (χ1v) is 10.3. The number of rotatable bonds is 5. The highest BCUT2D eigenvalue weighted by atomic mass is 35.5. The molecule has 0 saturated carbocycles. The maximum absolute atomic E-state index is 12.7. The minimum absolute atomic E-state index is 0.0110. The quantitative estimate of drug-likeness (QED) is 0.695. The molecule has 0 atom stereocenters. The van der Waals surface area contributed by atoms with Crippen molar-refractivity contribution < 1.29 is 4.74 Å². The minimum atomic E-state index is -0.0110. The van der Waals surface area contributed by atoms with Crippen LogP contribution in [0.4, 0.5) is 0 Å². The lowest BCUT2D eigenvalue weighted by Gasteiger charge is -2.18. The number of hydrogen-bond acceptors (Lipinski definition) is 5. The van der Waals surface area contributed by atoms with E-state index in [0.717, 1.165) is 40.8 Å². The van der Waals surface area contributed by atoms with Crippen LogP contribution in [0.1, 0.15) is 34.7 Å². The van der Waals surface area contributed by atoms with Crippen molar-refractivity contribution in [1.29, 1.82) is 0 Å². The number of aromatic nitrogens is 2. The van der Waals surface area contributed by atoms with Gasteiger partial charge in [-0.15, -0.1) is 11.3 Å². The standard InChI is InChI=1S/C20H22ClN3O2S/c1-24(10-12-9-13(21)7-8-15(12)26-2)11-17-22-19(25)18-14-5-3-4-6-16(14)27-20(18)23-17/h7-9H,3-6,10-11H2,1-2H3,(H,22,23,25). The molecule has 0 radical (unpaired) electrons. The topological polar surface area (TPSA) is 58.2 Å². The number of benzene rings is 1. The Kier molecular flexibility index (Phi) is 5.21. The zero-order valence-corrected chi connectivity index (χ0v) is 17.0. The molecule has 5 nitrogen and oxygen atoms in total. The lowest BCUT2D eigenvalue weighted by Crippen LogP contribution is -2.22. The zero-order chi connectivity index (χ0) is 19.0. The second-order valence-electron chi connectivity index (χ2n) is 7.03. The van der Waals surface area contributed by atoms with Gasteiger partial charge < -0.3 is 9.72 Å². The molecule has 0 spiro atoms. The van der Waals surface area contributed by atoms with Crippen LogP contribution < -0.4 is 10.3 Å². The Morgan fingerprint density at radius 1 is 1.30 bits per heavy atom. The summed E-state index contributed by atoms with van der Waals surface area (Å²) in [5.41, 5.74) is 2.21. The zero-order valence-electron chi connectivity index (χ0n) is 15.5. The molecule has 1 aromatic carbocycles. The van der Waals surface area contributed by atoms with E-state index in [1.54, 1.807) is 18.4 Å². The van der Waals surface area contributed by atoms with Crippen molar-refractivity contribution in [3.8, 4) is 5.75 Å². The molecule has 1 aliphatic carbocycles. The summed E-state index contributed by atoms with van der Waals surface area (Å²) in [6.07, 6.45) is 4.42. The van der Waals surface area contributed by atoms with Gasteiger partial charge in [0.1, 0.15) is 16.4 Å². The fourth-order valence-electron chi connectivity index (χ4n) is 3.76. The summed E-state index contributed by atoms with van der Waals surface area (Å²) in [6, 6.07) is 5.59. The van der Waals surface area contributed by atoms with Crippen LogP contribution in [0.15, 0.2) is 23.0 Å². The Bertz CT molecular complexity index is 1040. The van der Waals surface area contributed by atoms with Crippen molar-refractivity contribution in [3.63, 3.8) is 0 Å². The van der Waals surface area contributed by atoms with Crippen molar-refractivity contribution in [2.24, 2.45) is 0 Å². The van der Waals surface area contributed by atoms with E-state index in [0.29, 0.717) is 23.9 Å². The van der Waals surface area contributed by atoms with Crippen LogP contribution in [0.25, 0.3) is 10.2 Å². The largest absolute Gasteiger partial charge is 0.496 e. The predicted octanol–water partition coefficient (Wildman–Crippen LogP) is 4.16. The van der Waals surface area contributed by atoms with Crippen LogP contribution in [0.5, 0.6) is 5.75 Å². The molecule has 0 bridgehead atoms. The average Bonchev–Trinajstić information content (AvgIpc) is 3.00. The van der Waals surface area contributed by atoms with Gasteiger partial charge in [0.25, 0.3) is 5.56 Å². The molecule has 7 heteroatoms. The molecule has 2 aromatic heterocycles. The molecule has 0 aliphatic heterocycles. The van der Waals surface area contributed by atoms with Crippen molar-refractivity contribution in [3.05, 3.63) is 55.4 Å². The summed E-state index contributed by atoms with van der Waals surface area (Å²) in [5, 5.41) is 1.48. The van der Waals surface area contributed by atoms with Crippen LogP contribution in [0.3, 0.4) is 0 Å². The van der Waals surface area contributed by atoms with Gasteiger partial charge in [0, 0.05) is 22.0 Å². The molecule has 2 heterocycles. The number of aromatic amines is 1. The number of thiophene rings is 1. The monoisotopic (exact) mass is 403 g/mol. The van der Waals surface area contributed by atoms with Gasteiger partial charge in [-0.25, -0.2) is 4.98 Å². The number of nitrogens with one attached hydrogen (secondary N) is 1. The first-order chi connectivity index (χ1) is 13.0. The minimum Gasteiger partial charge on any atom is -0.496 e. The van der Waals surface area contributed by atoms with Crippen LogP contribution >= 0.6 is 22.9 Å². The summed E-state index contributed by atoms with van der Waals surface area (Å²) < 4.78 is 5.42. The second kappa shape index (κ2) is 7.62. The average molecular weight is 404 g/mol. The molecule has 142 valence electrons. The van der Waals surface area contributed by atoms with Gasteiger partial charge in [0.05, 0.1) is 19.0 Å². The summed E-state index contributed by atoms with van der Waals surface area (Å²) in [6.45, 7) is 1.19. The summed E-state index contributed by atoms with van der Waals surface area (Å²) in [5.74, 6) is 1.49. The van der Waals surface area contributed by atoms with E-state index in [1.165, 1.54) is 16.9 Å². The Labute approximate surface area is 167 Å². The number of ether oxygens (including phenoxy) is 1. The summed E-state index contributed by atoms with van der Waals surface area (Å²) >= 11 is 7.80. The smallest absolute Gasteiger partial charge is 0.259 e. The maximum Gasteiger partial charge on any atom is 0.259 e. The first-order valence-electron chi connectivity index (χ1n) is 9.09. The molecular formula is C20H22ClN3O2S. The molecule has 0 saturated heterocycles. The number of hydrogen-bond donors (Lipinski definition) is 1. The number of halogens is 1. The Balaban J connectivity index is 1.58. The van der Waals surface area contributed by atoms with Crippen molar-refractivity contribution in [2.75, 3.05) is 14.2 Å². The fraction of sp³-hybridized carbons (Fsp3) is 0.400. The highest BCUT2D eigenvalue weighted by molar-refractivity contribution is 7.18. The number of H-pyrrole nitrogens is 1. The molecule has 4 rings (SSSR count). The Morgan fingerprint density at radius 3 is 2.93 bits per heavy atom. The van der Waals surface area contributed by atoms with E-state index < -0.39 is 0 Å². The number of methoxy groups -OCH3 is 1. The molecule has 3 aromatic rings. The summed E-state index contributed by atoms with van der Waals surface area (Å²) in [4.78, 5) is 24.7. The SMILES string of the molecule is COc1ccc(Cl)cc1CN(C)Cc1nc2sc3c(c2c(=O)[nH]1)CCCC3. The molecule has 1 N–H and O–H groups in total. The Hall–Kier alpha value is -1.89. The van der Waals surface area contributed by atoms with Crippen LogP contribution in [0, 0.1) is 0 Å². The Morgan fingerprint density at radius 2 is 2.11 bits per heavy atom. The number of aryl methyl sites for hydroxylation is 2. The highest BCUT2D eigenvalue weighted by Crippen LogP contribution is 2.33. The highest BCUT2D eigenvalue weighted by Gasteiger charge is 2.20. The molecule has 1 aliphatic rings. The van der Waals surface area contributed by atoms with Crippen molar-refractivity contribution in [2.45, 2.75) is 38.8 Å². The summed E-state index contributed by atoms with van der Waals surface area (Å²) in [7, 11) is 3.64. The third kappa shape index (κ3) is 3.74. The van der Waals surface area contributed by atoms with E-state index in [2.05, 4.69) is 9.88 Å². The molecule has 0 amide bonds. The third-order valence-corrected chi connectivity index (χ3v) is 6.40. The van der Waals surface area contributed by atoms with E-state index >= 15 is 0 Å². The van der Waals surface area contributed by atoms with Gasteiger partial charge in [-0.1, -0.05) is 11.6 Å². The van der Waals surface area contributed by atoms with E-state index in [-0.39, 0.29) is 5.56 Å². The van der Waals surface area contributed by atoms with Crippen LogP contribution in [-0.2, 0) is 25.9 Å². The van der Waals surface area contributed by atoms with E-state index in [9.17, 15) is 4.79 Å². The van der Waals surface area contributed by atoms with E-state index in [4.69, 9.17) is 21.3 Å². The lowest BCUT2D eigenvalue weighted by molar-refractivity contribution is 0.303. The van der Waals surface area contributed by atoms with Gasteiger partial charge in [0.15, 0.2) is 0 Å². The lowest BCUT2D eigenvalue weighted by atomic mass is 9.97. The normalized spacial score (nSPS) is 13.9. The van der Waals surface area contributed by atoms with Gasteiger partial charge in [-0.3, -0.25) is 9.69 Å². The van der Waals surface area contributed by atoms with Crippen molar-refractivity contribution >= 4 is 33.2 Å². The maximum atomic E-state index is 12.7. The van der Waals surface area contributed by atoms with Crippen LogP contribution in [0.2, 0.25) is 5.02 Å². The van der Waals surface area contributed by atoms with Gasteiger partial charge in [-0.2, -0.15) is 0 Å². The molecule has 0 fully saturated rings. The fourth-order valence-corrected chi connectivity index (χ4v) is 5.23. The molecule has 27 heavy (non-hydrogen) atoms. The van der Waals surface area contributed by atoms with Gasteiger partial charge in [0.2, 0.25) is 0 Å². The van der Waals surface area contributed by atoms with Gasteiger partial charge >= 0.3 is 0 Å². The van der Waals surface area contributed by atoms with Crippen molar-refractivity contribution in [1.82, 2.24) is 14.9 Å². The number of fused-ring (bicyclic) bond motifs is 3. The molecular weight excluding hydrogens is 382 g/mol.